The van der Waals surface area contributed by atoms with Crippen molar-refractivity contribution in [3.05, 3.63) is 11.8 Å². The van der Waals surface area contributed by atoms with Gasteiger partial charge in [-0.15, -0.1) is 0 Å². The number of hydrogen-bond acceptors (Lipinski definition) is 5. The summed E-state index contributed by atoms with van der Waals surface area (Å²) in [7, 11) is 6.18. The fourth-order valence-corrected chi connectivity index (χ4v) is 1.19. The van der Waals surface area contributed by atoms with Gasteiger partial charge in [-0.25, -0.2) is 9.59 Å². The second-order valence-electron chi connectivity index (χ2n) is 4.97. The van der Waals surface area contributed by atoms with Gasteiger partial charge in [0, 0.05) is 6.20 Å². The maximum atomic E-state index is 11.6. The lowest BCUT2D eigenvalue weighted by Gasteiger charge is -2.23. The molecule has 6 nitrogen and oxygen atoms in total. The molecule has 0 aliphatic heterocycles. The molecule has 20 heavy (non-hydrogen) atoms. The van der Waals surface area contributed by atoms with E-state index in [0.29, 0.717) is 6.54 Å². The van der Waals surface area contributed by atoms with Crippen LogP contribution in [0.1, 0.15) is 13.8 Å². The predicted molar refractivity (Wildman–Crippen MR) is 72.3 cm³/mol. The van der Waals surface area contributed by atoms with Gasteiger partial charge >= 0.3 is 11.9 Å². The van der Waals surface area contributed by atoms with Crippen LogP contribution in [0.15, 0.2) is 11.8 Å². The minimum absolute atomic E-state index is 0. The number of likely N-dealkylation sites (N-methyl/N-ethyl adjacent to an activating group) is 1. The zero-order valence-corrected chi connectivity index (χ0v) is 15.0. The highest BCUT2D eigenvalue weighted by Crippen LogP contribution is 2.01. The summed E-state index contributed by atoms with van der Waals surface area (Å²) in [4.78, 5) is 23.2. The topological polar surface area (TPSA) is 64.6 Å². The molecule has 0 saturated carbocycles. The number of esters is 2. The van der Waals surface area contributed by atoms with Gasteiger partial charge < -0.3 is 43.3 Å². The Bertz CT molecular complexity index is 318. The second-order valence-corrected chi connectivity index (χ2v) is 4.97. The van der Waals surface area contributed by atoms with Gasteiger partial charge in [-0.1, -0.05) is 0 Å². The lowest BCUT2D eigenvalue weighted by molar-refractivity contribution is -0.869. The van der Waals surface area contributed by atoms with Gasteiger partial charge in [-0.2, -0.15) is 0 Å². The van der Waals surface area contributed by atoms with Crippen LogP contribution in [-0.2, 0) is 19.1 Å². The first-order valence-electron chi connectivity index (χ1n) is 6.40. The first-order valence-corrected chi connectivity index (χ1v) is 6.40. The summed E-state index contributed by atoms with van der Waals surface area (Å²) in [5.41, 5.74) is -0.106. The van der Waals surface area contributed by atoms with E-state index in [9.17, 15) is 9.59 Å². The molecule has 0 aliphatic rings. The fraction of sp³-hybridized carbons (Fsp3) is 0.692. The van der Waals surface area contributed by atoms with Crippen molar-refractivity contribution in [1.29, 1.82) is 0 Å². The molecule has 0 rings (SSSR count). The molecule has 0 atom stereocenters. The molecule has 0 amide bonds. The van der Waals surface area contributed by atoms with Gasteiger partial charge in [-0.05, 0) is 13.8 Å². The predicted octanol–water partition coefficient (Wildman–Crippen LogP) is -2.70. The van der Waals surface area contributed by atoms with Crippen molar-refractivity contribution in [2.75, 3.05) is 47.4 Å². The maximum absolute atomic E-state index is 11.6. The van der Waals surface area contributed by atoms with Crippen LogP contribution in [0.5, 0.6) is 0 Å². The summed E-state index contributed by atoms with van der Waals surface area (Å²) in [6.07, 6.45) is 1.37. The van der Waals surface area contributed by atoms with Crippen molar-refractivity contribution in [2.24, 2.45) is 0 Å². The molecule has 1 N–H and O–H groups in total. The molecular weight excluding hydrogens is 375 g/mol. The van der Waals surface area contributed by atoms with Crippen molar-refractivity contribution in [1.82, 2.24) is 5.32 Å². The van der Waals surface area contributed by atoms with Gasteiger partial charge in [0.25, 0.3) is 0 Å². The van der Waals surface area contributed by atoms with E-state index in [2.05, 4.69) is 26.5 Å². The van der Waals surface area contributed by atoms with Crippen molar-refractivity contribution in [3.8, 4) is 0 Å². The van der Waals surface area contributed by atoms with Crippen LogP contribution < -0.4 is 29.3 Å². The summed E-state index contributed by atoms with van der Waals surface area (Å²) in [5.74, 6) is -1.34. The van der Waals surface area contributed by atoms with E-state index in [1.807, 2.05) is 0 Å². The number of quaternary nitrogens is 1. The minimum atomic E-state index is -0.668. The lowest BCUT2D eigenvalue weighted by Crippen LogP contribution is -3.00. The number of nitrogens with one attached hydrogen (secondary N) is 1. The van der Waals surface area contributed by atoms with Crippen molar-refractivity contribution in [2.45, 2.75) is 13.8 Å². The molecule has 0 heterocycles. The summed E-state index contributed by atoms with van der Waals surface area (Å²) in [5, 5.41) is 2.94. The second kappa shape index (κ2) is 10.9. The van der Waals surface area contributed by atoms with Gasteiger partial charge in [0.15, 0.2) is 5.57 Å². The van der Waals surface area contributed by atoms with E-state index in [1.54, 1.807) is 13.8 Å². The maximum Gasteiger partial charge on any atom is 0.347 e. The first kappa shape index (κ1) is 21.5. The normalized spacial score (nSPS) is 10.1. The molecule has 0 saturated heterocycles. The largest absolute Gasteiger partial charge is 1.00 e. The van der Waals surface area contributed by atoms with Gasteiger partial charge in [-0.3, -0.25) is 0 Å². The highest BCUT2D eigenvalue weighted by Gasteiger charge is 2.20. The van der Waals surface area contributed by atoms with E-state index in [-0.39, 0.29) is 42.8 Å². The van der Waals surface area contributed by atoms with E-state index < -0.39 is 11.9 Å². The number of halogens is 1. The molecule has 0 aliphatic carbocycles. The Labute approximate surface area is 138 Å². The molecule has 118 valence electrons. The van der Waals surface area contributed by atoms with Crippen LogP contribution in [0.2, 0.25) is 0 Å². The van der Waals surface area contributed by atoms with E-state index in [0.717, 1.165) is 11.0 Å². The van der Waals surface area contributed by atoms with Crippen LogP contribution in [-0.4, -0.2) is 63.9 Å². The monoisotopic (exact) mass is 400 g/mol. The Morgan fingerprint density at radius 2 is 1.50 bits per heavy atom. The van der Waals surface area contributed by atoms with Crippen molar-refractivity contribution >= 4 is 11.9 Å². The lowest BCUT2D eigenvalue weighted by atomic mass is 10.3. The van der Waals surface area contributed by atoms with Crippen molar-refractivity contribution < 1.29 is 47.5 Å². The Hall–Kier alpha value is -0.830. The Kier molecular flexibility index (Phi) is 11.7. The Morgan fingerprint density at radius 1 is 1.05 bits per heavy atom. The molecule has 0 radical (unpaired) electrons. The molecule has 0 aromatic carbocycles. The summed E-state index contributed by atoms with van der Waals surface area (Å²) in [6, 6.07) is 0. The van der Waals surface area contributed by atoms with Gasteiger partial charge in [0.2, 0.25) is 0 Å². The molecule has 0 fully saturated rings. The standard InChI is InChI=1S/C13H24N2O4.HI/c1-6-18-12(16)11(13(17)19-7-2)10-14-8-9-15(3,4)5;/h10H,6-9H2,1-5H3;1H. The number of hydrogen-bond donors (Lipinski definition) is 1. The number of ether oxygens (including phenoxy) is 2. The van der Waals surface area contributed by atoms with Gasteiger partial charge in [0.05, 0.1) is 47.4 Å². The third-order valence-corrected chi connectivity index (χ3v) is 2.16. The van der Waals surface area contributed by atoms with Crippen LogP contribution in [0.3, 0.4) is 0 Å². The summed E-state index contributed by atoms with van der Waals surface area (Å²) >= 11 is 0. The van der Waals surface area contributed by atoms with Crippen LogP contribution >= 0.6 is 0 Å². The summed E-state index contributed by atoms with van der Waals surface area (Å²) < 4.78 is 10.4. The Morgan fingerprint density at radius 3 is 1.85 bits per heavy atom. The fourth-order valence-electron chi connectivity index (χ4n) is 1.19. The Balaban J connectivity index is 0. The SMILES string of the molecule is CCOC(=O)C(=CNCC[N+](C)(C)C)C(=O)OCC.[I-]. The van der Waals surface area contributed by atoms with E-state index in [4.69, 9.17) is 9.47 Å². The number of nitrogens with zero attached hydrogens (tertiary/aromatic N) is 1. The van der Waals surface area contributed by atoms with Crippen LogP contribution in [0.25, 0.3) is 0 Å². The van der Waals surface area contributed by atoms with E-state index >= 15 is 0 Å². The zero-order valence-electron chi connectivity index (χ0n) is 12.9. The van der Waals surface area contributed by atoms with Crippen LogP contribution in [0, 0.1) is 0 Å². The number of carbonyl (C=O) groups is 2. The third-order valence-electron chi connectivity index (χ3n) is 2.16. The number of carbonyl (C=O) groups excluding carboxylic acids is 2. The molecule has 0 aromatic rings. The van der Waals surface area contributed by atoms with Crippen molar-refractivity contribution in [3.63, 3.8) is 0 Å². The highest BCUT2D eigenvalue weighted by atomic mass is 127. The van der Waals surface area contributed by atoms with E-state index in [1.165, 1.54) is 6.20 Å². The average Bonchev–Trinajstić information content (AvgIpc) is 2.27. The number of rotatable bonds is 8. The first-order chi connectivity index (χ1) is 8.81. The molecule has 0 bridgehead atoms. The highest BCUT2D eigenvalue weighted by molar-refractivity contribution is 6.13. The zero-order chi connectivity index (χ0) is 14.9. The molecule has 7 heteroatoms. The average molecular weight is 400 g/mol. The molecule has 0 spiro atoms. The third kappa shape index (κ3) is 10.0. The minimum Gasteiger partial charge on any atom is -1.00 e. The molecule has 0 unspecified atom stereocenters. The summed E-state index contributed by atoms with van der Waals surface area (Å²) in [6.45, 7) is 5.31. The van der Waals surface area contributed by atoms with Gasteiger partial charge in [0.1, 0.15) is 0 Å². The molecule has 0 aromatic heterocycles. The quantitative estimate of drug-likeness (QED) is 0.0914. The molecular formula is C13H25IN2O4. The van der Waals surface area contributed by atoms with Crippen LogP contribution in [0.4, 0.5) is 0 Å². The smallest absolute Gasteiger partial charge is 0.347 e.